The molecule has 2 heterocycles. The zero-order valence-electron chi connectivity index (χ0n) is 17.3. The van der Waals surface area contributed by atoms with E-state index in [0.717, 1.165) is 28.5 Å². The monoisotopic (exact) mass is 436 g/mol. The van der Waals surface area contributed by atoms with Gasteiger partial charge in [-0.05, 0) is 54.6 Å². The number of benzene rings is 2. The number of halogens is 2. The van der Waals surface area contributed by atoms with Crippen molar-refractivity contribution in [1.82, 2.24) is 14.5 Å². The first-order valence-electron chi connectivity index (χ1n) is 9.80. The molecule has 0 N–H and O–H groups in total. The van der Waals surface area contributed by atoms with Crippen molar-refractivity contribution in [1.29, 1.82) is 0 Å². The molecule has 0 aliphatic carbocycles. The van der Waals surface area contributed by atoms with E-state index in [4.69, 9.17) is 21.3 Å². The highest BCUT2D eigenvalue weighted by atomic mass is 35.5. The molecule has 158 valence electrons. The van der Waals surface area contributed by atoms with Gasteiger partial charge in [0.05, 0.1) is 19.3 Å². The van der Waals surface area contributed by atoms with Crippen molar-refractivity contribution >= 4 is 17.3 Å². The fourth-order valence-corrected chi connectivity index (χ4v) is 3.61. The summed E-state index contributed by atoms with van der Waals surface area (Å²) in [7, 11) is 3.59. The van der Waals surface area contributed by atoms with Crippen molar-refractivity contribution in [2.75, 3.05) is 19.1 Å². The lowest BCUT2D eigenvalue weighted by molar-refractivity contribution is 0.409. The first kappa shape index (κ1) is 20.9. The summed E-state index contributed by atoms with van der Waals surface area (Å²) in [4.78, 5) is 11.0. The number of hydrogen-bond acceptors (Lipinski definition) is 4. The van der Waals surface area contributed by atoms with Gasteiger partial charge in [0.25, 0.3) is 0 Å². The van der Waals surface area contributed by atoms with E-state index in [1.54, 1.807) is 25.6 Å². The smallest absolute Gasteiger partial charge is 0.123 e. The topological polar surface area (TPSA) is 43.2 Å². The van der Waals surface area contributed by atoms with E-state index in [9.17, 15) is 4.39 Å². The molecule has 0 saturated heterocycles. The van der Waals surface area contributed by atoms with Crippen molar-refractivity contribution in [3.8, 4) is 11.4 Å². The molecule has 2 aromatic carbocycles. The molecule has 7 heteroatoms. The molecular formula is C24H22ClFN4O. The van der Waals surface area contributed by atoms with Gasteiger partial charge in [-0.2, -0.15) is 0 Å². The Hall–Kier alpha value is -3.38. The van der Waals surface area contributed by atoms with Crippen LogP contribution in [0.2, 0.25) is 5.02 Å². The predicted octanol–water partition coefficient (Wildman–Crippen LogP) is 5.30. The van der Waals surface area contributed by atoms with E-state index < -0.39 is 0 Å². The molecule has 0 fully saturated rings. The van der Waals surface area contributed by atoms with E-state index in [-0.39, 0.29) is 5.82 Å². The highest BCUT2D eigenvalue weighted by Crippen LogP contribution is 2.25. The van der Waals surface area contributed by atoms with Gasteiger partial charge in [0.15, 0.2) is 0 Å². The molecule has 0 spiro atoms. The fourth-order valence-electron chi connectivity index (χ4n) is 3.49. The van der Waals surface area contributed by atoms with Crippen molar-refractivity contribution in [2.24, 2.45) is 0 Å². The van der Waals surface area contributed by atoms with Gasteiger partial charge in [0.2, 0.25) is 0 Å². The molecule has 0 amide bonds. The number of ether oxygens (including phenoxy) is 1. The molecule has 0 saturated carbocycles. The van der Waals surface area contributed by atoms with Crippen LogP contribution in [-0.2, 0) is 13.0 Å². The standard InChI is InChI=1S/C24H22ClFN4O/c1-29(21-9-11-27-12-10-21)15-20-16-30(22-6-3-18(25)4-7-22)24(28-20)14-17-13-19(26)5-8-23(17)31-2/h3-13,16H,14-15H2,1-2H3. The Balaban J connectivity index is 1.70. The summed E-state index contributed by atoms with van der Waals surface area (Å²) in [6.45, 7) is 0.609. The van der Waals surface area contributed by atoms with E-state index in [1.807, 2.05) is 54.2 Å². The lowest BCUT2D eigenvalue weighted by atomic mass is 10.1. The zero-order chi connectivity index (χ0) is 21.8. The average Bonchev–Trinajstić information content (AvgIpc) is 3.17. The second-order valence-corrected chi connectivity index (χ2v) is 7.63. The van der Waals surface area contributed by atoms with Crippen LogP contribution in [0.25, 0.3) is 5.69 Å². The second-order valence-electron chi connectivity index (χ2n) is 7.19. The summed E-state index contributed by atoms with van der Waals surface area (Å²) < 4.78 is 21.3. The van der Waals surface area contributed by atoms with Crippen LogP contribution >= 0.6 is 11.6 Å². The van der Waals surface area contributed by atoms with Gasteiger partial charge in [-0.3, -0.25) is 4.98 Å². The number of pyridine rings is 1. The van der Waals surface area contributed by atoms with E-state index in [1.165, 1.54) is 12.1 Å². The molecule has 4 aromatic rings. The molecule has 0 atom stereocenters. The third kappa shape index (κ3) is 4.86. The lowest BCUT2D eigenvalue weighted by Crippen LogP contribution is -2.16. The highest BCUT2D eigenvalue weighted by molar-refractivity contribution is 6.30. The van der Waals surface area contributed by atoms with Crippen LogP contribution in [-0.4, -0.2) is 28.7 Å². The van der Waals surface area contributed by atoms with Crippen LogP contribution in [0.3, 0.4) is 0 Å². The van der Waals surface area contributed by atoms with Gasteiger partial charge in [-0.15, -0.1) is 0 Å². The van der Waals surface area contributed by atoms with Crippen molar-refractivity contribution in [3.05, 3.63) is 101 Å². The molecule has 0 unspecified atom stereocenters. The number of aromatic nitrogens is 3. The maximum absolute atomic E-state index is 13.9. The van der Waals surface area contributed by atoms with Crippen LogP contribution in [0.4, 0.5) is 10.1 Å². The Morgan fingerprint density at radius 2 is 1.81 bits per heavy atom. The van der Waals surface area contributed by atoms with Crippen LogP contribution in [0.15, 0.2) is 73.2 Å². The number of imidazole rings is 1. The molecule has 0 radical (unpaired) electrons. The minimum absolute atomic E-state index is 0.307. The summed E-state index contributed by atoms with van der Waals surface area (Å²) in [6, 6.07) is 16.0. The van der Waals surface area contributed by atoms with Crippen LogP contribution in [0.1, 0.15) is 17.1 Å². The van der Waals surface area contributed by atoms with Crippen molar-refractivity contribution in [3.63, 3.8) is 0 Å². The van der Waals surface area contributed by atoms with E-state index in [0.29, 0.717) is 23.7 Å². The van der Waals surface area contributed by atoms with Crippen LogP contribution < -0.4 is 9.64 Å². The molecule has 2 aromatic heterocycles. The van der Waals surface area contributed by atoms with Crippen molar-refractivity contribution < 1.29 is 9.13 Å². The van der Waals surface area contributed by atoms with Gasteiger partial charge in [-0.25, -0.2) is 9.37 Å². The van der Waals surface area contributed by atoms with Gasteiger partial charge >= 0.3 is 0 Å². The number of nitrogens with zero attached hydrogens (tertiary/aromatic N) is 4. The minimum atomic E-state index is -0.307. The van der Waals surface area contributed by atoms with Gasteiger partial charge in [0, 0.05) is 54.0 Å². The normalized spacial score (nSPS) is 10.8. The number of rotatable bonds is 7. The highest BCUT2D eigenvalue weighted by Gasteiger charge is 2.15. The fraction of sp³-hybridized carbons (Fsp3) is 0.167. The maximum atomic E-state index is 13.9. The lowest BCUT2D eigenvalue weighted by Gasteiger charge is -2.17. The van der Waals surface area contributed by atoms with Gasteiger partial charge < -0.3 is 14.2 Å². The molecule has 5 nitrogen and oxygen atoms in total. The predicted molar refractivity (Wildman–Crippen MR) is 121 cm³/mol. The summed E-state index contributed by atoms with van der Waals surface area (Å²) >= 11 is 6.07. The third-order valence-electron chi connectivity index (χ3n) is 5.03. The van der Waals surface area contributed by atoms with E-state index in [2.05, 4.69) is 9.88 Å². The van der Waals surface area contributed by atoms with E-state index >= 15 is 0 Å². The Labute approximate surface area is 185 Å². The molecule has 31 heavy (non-hydrogen) atoms. The Kier molecular flexibility index (Phi) is 6.18. The summed E-state index contributed by atoms with van der Waals surface area (Å²) in [5.41, 5.74) is 3.60. The number of methoxy groups -OCH3 is 1. The van der Waals surface area contributed by atoms with Gasteiger partial charge in [-0.1, -0.05) is 11.6 Å². The van der Waals surface area contributed by atoms with Gasteiger partial charge in [0.1, 0.15) is 17.4 Å². The Morgan fingerprint density at radius 3 is 2.52 bits per heavy atom. The Morgan fingerprint density at radius 1 is 1.06 bits per heavy atom. The minimum Gasteiger partial charge on any atom is -0.496 e. The zero-order valence-corrected chi connectivity index (χ0v) is 18.1. The molecule has 0 aliphatic heterocycles. The molecule has 4 rings (SSSR count). The van der Waals surface area contributed by atoms with Crippen molar-refractivity contribution in [2.45, 2.75) is 13.0 Å². The second kappa shape index (κ2) is 9.18. The third-order valence-corrected chi connectivity index (χ3v) is 5.28. The molecular weight excluding hydrogens is 415 g/mol. The Bertz CT molecular complexity index is 1160. The summed E-state index contributed by atoms with van der Waals surface area (Å²) in [5, 5.41) is 0.662. The van der Waals surface area contributed by atoms with Crippen LogP contribution in [0, 0.1) is 5.82 Å². The molecule has 0 bridgehead atoms. The number of anilines is 1. The number of hydrogen-bond donors (Lipinski definition) is 0. The molecule has 0 aliphatic rings. The largest absolute Gasteiger partial charge is 0.496 e. The summed E-state index contributed by atoms with van der Waals surface area (Å²) in [6.07, 6.45) is 5.95. The average molecular weight is 437 g/mol. The first-order valence-corrected chi connectivity index (χ1v) is 10.2. The first-order chi connectivity index (χ1) is 15.0. The SMILES string of the molecule is COc1ccc(F)cc1Cc1nc(CN(C)c2ccncc2)cn1-c1ccc(Cl)cc1. The maximum Gasteiger partial charge on any atom is 0.123 e. The van der Waals surface area contributed by atoms with Crippen LogP contribution in [0.5, 0.6) is 5.75 Å². The quantitative estimate of drug-likeness (QED) is 0.394. The summed E-state index contributed by atoms with van der Waals surface area (Å²) in [5.74, 6) is 1.10.